The Labute approximate surface area is 119 Å². The van der Waals surface area contributed by atoms with Crippen LogP contribution in [0.2, 0.25) is 0 Å². The molecule has 0 bridgehead atoms. The predicted octanol–water partition coefficient (Wildman–Crippen LogP) is 2.92. The highest BCUT2D eigenvalue weighted by Gasteiger charge is 2.12. The zero-order valence-electron chi connectivity index (χ0n) is 11.9. The Kier molecular flexibility index (Phi) is 4.69. The Morgan fingerprint density at radius 2 is 2.10 bits per heavy atom. The molecule has 0 radical (unpaired) electrons. The minimum atomic E-state index is -0.251. The van der Waals surface area contributed by atoms with Gasteiger partial charge in [-0.1, -0.05) is 6.07 Å². The molecule has 0 aliphatic carbocycles. The molecule has 2 aromatic rings. The minimum absolute atomic E-state index is 0.196. The fourth-order valence-electron chi connectivity index (χ4n) is 2.19. The second-order valence-electron chi connectivity index (χ2n) is 4.98. The van der Waals surface area contributed by atoms with E-state index in [0.29, 0.717) is 0 Å². The second-order valence-corrected chi connectivity index (χ2v) is 4.98. The van der Waals surface area contributed by atoms with Crippen LogP contribution in [-0.4, -0.2) is 18.6 Å². The number of halogens is 1. The average molecular weight is 273 g/mol. The lowest BCUT2D eigenvalue weighted by molar-refractivity contribution is 0.621. The van der Waals surface area contributed by atoms with Gasteiger partial charge in [-0.15, -0.1) is 0 Å². The van der Waals surface area contributed by atoms with E-state index in [4.69, 9.17) is 5.73 Å². The van der Waals surface area contributed by atoms with Gasteiger partial charge in [-0.2, -0.15) is 0 Å². The van der Waals surface area contributed by atoms with Gasteiger partial charge < -0.3 is 10.6 Å². The number of pyridine rings is 1. The molecule has 0 saturated carbocycles. The molecule has 3 nitrogen and oxygen atoms in total. The number of aromatic nitrogens is 1. The summed E-state index contributed by atoms with van der Waals surface area (Å²) in [4.78, 5) is 6.39. The highest BCUT2D eigenvalue weighted by Crippen LogP contribution is 2.25. The van der Waals surface area contributed by atoms with Gasteiger partial charge in [0, 0.05) is 43.6 Å². The van der Waals surface area contributed by atoms with Gasteiger partial charge in [-0.05, 0) is 42.8 Å². The summed E-state index contributed by atoms with van der Waals surface area (Å²) in [6.07, 6.45) is 2.63. The third kappa shape index (κ3) is 3.54. The van der Waals surface area contributed by atoms with Crippen LogP contribution in [0.15, 0.2) is 42.6 Å². The van der Waals surface area contributed by atoms with E-state index in [1.54, 1.807) is 12.3 Å². The van der Waals surface area contributed by atoms with Gasteiger partial charge in [0.15, 0.2) is 0 Å². The molecule has 106 valence electrons. The summed E-state index contributed by atoms with van der Waals surface area (Å²) >= 11 is 0. The van der Waals surface area contributed by atoms with Crippen molar-refractivity contribution in [2.24, 2.45) is 5.73 Å². The standard InChI is InChI=1S/C16H20FN3/c1-12(18)15-11-13(17)6-7-16(15)20(2)10-8-14-5-3-4-9-19-14/h3-7,9,11-12H,8,10,18H2,1-2H3/t12-/m1/s1. The van der Waals surface area contributed by atoms with Crippen molar-refractivity contribution in [3.05, 3.63) is 59.7 Å². The number of likely N-dealkylation sites (N-methyl/N-ethyl adjacent to an activating group) is 1. The van der Waals surface area contributed by atoms with Crippen molar-refractivity contribution >= 4 is 5.69 Å². The molecule has 0 amide bonds. The third-order valence-electron chi connectivity index (χ3n) is 3.32. The van der Waals surface area contributed by atoms with Gasteiger partial charge >= 0.3 is 0 Å². The zero-order valence-corrected chi connectivity index (χ0v) is 11.9. The normalized spacial score (nSPS) is 12.2. The van der Waals surface area contributed by atoms with E-state index >= 15 is 0 Å². The van der Waals surface area contributed by atoms with Crippen LogP contribution in [0.4, 0.5) is 10.1 Å². The lowest BCUT2D eigenvalue weighted by Crippen LogP contribution is -2.23. The summed E-state index contributed by atoms with van der Waals surface area (Å²) < 4.78 is 13.3. The molecule has 2 N–H and O–H groups in total. The van der Waals surface area contributed by atoms with Gasteiger partial charge in [0.25, 0.3) is 0 Å². The van der Waals surface area contributed by atoms with Crippen molar-refractivity contribution in [2.45, 2.75) is 19.4 Å². The first-order chi connectivity index (χ1) is 9.58. The van der Waals surface area contributed by atoms with E-state index in [-0.39, 0.29) is 11.9 Å². The summed E-state index contributed by atoms with van der Waals surface area (Å²) in [6.45, 7) is 2.67. The molecule has 0 aliphatic heterocycles. The number of rotatable bonds is 5. The second kappa shape index (κ2) is 6.48. The van der Waals surface area contributed by atoms with Gasteiger partial charge in [-0.3, -0.25) is 4.98 Å². The third-order valence-corrected chi connectivity index (χ3v) is 3.32. The van der Waals surface area contributed by atoms with Crippen LogP contribution >= 0.6 is 0 Å². The maximum Gasteiger partial charge on any atom is 0.123 e. The highest BCUT2D eigenvalue weighted by atomic mass is 19.1. The van der Waals surface area contributed by atoms with Crippen LogP contribution in [-0.2, 0) is 6.42 Å². The molecule has 0 unspecified atom stereocenters. The van der Waals surface area contributed by atoms with E-state index in [1.165, 1.54) is 12.1 Å². The fraction of sp³-hybridized carbons (Fsp3) is 0.312. The number of anilines is 1. The van der Waals surface area contributed by atoms with Crippen molar-refractivity contribution in [3.63, 3.8) is 0 Å². The van der Waals surface area contributed by atoms with E-state index in [1.807, 2.05) is 32.2 Å². The SMILES string of the molecule is C[C@@H](N)c1cc(F)ccc1N(C)CCc1ccccn1. The summed E-state index contributed by atoms with van der Waals surface area (Å²) in [5.74, 6) is -0.251. The number of nitrogens with two attached hydrogens (primary N) is 1. The van der Waals surface area contributed by atoms with E-state index in [9.17, 15) is 4.39 Å². The van der Waals surface area contributed by atoms with Crippen molar-refractivity contribution < 1.29 is 4.39 Å². The van der Waals surface area contributed by atoms with Crippen molar-refractivity contribution in [3.8, 4) is 0 Å². The molecule has 0 spiro atoms. The van der Waals surface area contributed by atoms with Crippen LogP contribution in [0.1, 0.15) is 24.2 Å². The summed E-state index contributed by atoms with van der Waals surface area (Å²) in [5.41, 5.74) is 8.77. The highest BCUT2D eigenvalue weighted by molar-refractivity contribution is 5.54. The van der Waals surface area contributed by atoms with Crippen LogP contribution in [0, 0.1) is 5.82 Å². The van der Waals surface area contributed by atoms with Crippen LogP contribution < -0.4 is 10.6 Å². The van der Waals surface area contributed by atoms with Crippen molar-refractivity contribution in [2.75, 3.05) is 18.5 Å². The first-order valence-electron chi connectivity index (χ1n) is 6.74. The molecule has 0 aliphatic rings. The minimum Gasteiger partial charge on any atom is -0.374 e. The Balaban J connectivity index is 2.11. The molecule has 1 heterocycles. The molecule has 4 heteroatoms. The molecule has 1 atom stereocenters. The Morgan fingerprint density at radius 3 is 2.75 bits per heavy atom. The first kappa shape index (κ1) is 14.5. The van der Waals surface area contributed by atoms with Crippen LogP contribution in [0.5, 0.6) is 0 Å². The number of benzene rings is 1. The molecular weight excluding hydrogens is 253 g/mol. The predicted molar refractivity (Wildman–Crippen MR) is 80.2 cm³/mol. The molecule has 0 fully saturated rings. The summed E-state index contributed by atoms with van der Waals surface area (Å²) in [6, 6.07) is 10.5. The van der Waals surface area contributed by atoms with E-state index in [2.05, 4.69) is 9.88 Å². The smallest absolute Gasteiger partial charge is 0.123 e. The molecule has 2 rings (SSSR count). The van der Waals surface area contributed by atoms with Crippen molar-refractivity contribution in [1.82, 2.24) is 4.98 Å². The molecule has 0 saturated heterocycles. The van der Waals surface area contributed by atoms with Gasteiger partial charge in [0.05, 0.1) is 0 Å². The maximum atomic E-state index is 13.3. The first-order valence-corrected chi connectivity index (χ1v) is 6.74. The molecule has 1 aromatic carbocycles. The largest absolute Gasteiger partial charge is 0.374 e. The van der Waals surface area contributed by atoms with Gasteiger partial charge in [0.2, 0.25) is 0 Å². The number of hydrogen-bond acceptors (Lipinski definition) is 3. The van der Waals surface area contributed by atoms with E-state index in [0.717, 1.165) is 29.9 Å². The molecule has 20 heavy (non-hydrogen) atoms. The lowest BCUT2D eigenvalue weighted by Gasteiger charge is -2.24. The Bertz CT molecular complexity index is 555. The van der Waals surface area contributed by atoms with Crippen LogP contribution in [0.25, 0.3) is 0 Å². The zero-order chi connectivity index (χ0) is 14.5. The van der Waals surface area contributed by atoms with Crippen molar-refractivity contribution in [1.29, 1.82) is 0 Å². The number of nitrogens with zero attached hydrogens (tertiary/aromatic N) is 2. The monoisotopic (exact) mass is 273 g/mol. The average Bonchev–Trinajstić information content (AvgIpc) is 2.45. The topological polar surface area (TPSA) is 42.1 Å². The quantitative estimate of drug-likeness (QED) is 0.910. The Morgan fingerprint density at radius 1 is 1.30 bits per heavy atom. The number of hydrogen-bond donors (Lipinski definition) is 1. The lowest BCUT2D eigenvalue weighted by atomic mass is 10.1. The van der Waals surface area contributed by atoms with Gasteiger partial charge in [-0.25, -0.2) is 4.39 Å². The summed E-state index contributed by atoms with van der Waals surface area (Å²) in [5, 5.41) is 0. The fourth-order valence-corrected chi connectivity index (χ4v) is 2.19. The molecule has 1 aromatic heterocycles. The summed E-state index contributed by atoms with van der Waals surface area (Å²) in [7, 11) is 1.99. The molecular formula is C16H20FN3. The van der Waals surface area contributed by atoms with Crippen LogP contribution in [0.3, 0.4) is 0 Å². The van der Waals surface area contributed by atoms with Gasteiger partial charge in [0.1, 0.15) is 5.82 Å². The van der Waals surface area contributed by atoms with E-state index < -0.39 is 0 Å². The Hall–Kier alpha value is -1.94. The maximum absolute atomic E-state index is 13.3.